The summed E-state index contributed by atoms with van der Waals surface area (Å²) in [6.45, 7) is 2.92. The van der Waals surface area contributed by atoms with E-state index < -0.39 is 12.0 Å². The Bertz CT molecular complexity index is 589. The number of hydrogen-bond acceptors (Lipinski definition) is 5. The Morgan fingerprint density at radius 2 is 1.96 bits per heavy atom. The average Bonchev–Trinajstić information content (AvgIpc) is 3.11. The fourth-order valence-electron chi connectivity index (χ4n) is 3.71. The number of benzene rings is 1. The lowest BCUT2D eigenvalue weighted by atomic mass is 9.97. The van der Waals surface area contributed by atoms with Gasteiger partial charge in [-0.15, -0.1) is 0 Å². The molecule has 1 saturated heterocycles. The number of methoxy groups -OCH3 is 3. The molecule has 1 aromatic carbocycles. The van der Waals surface area contributed by atoms with Crippen LogP contribution >= 0.6 is 0 Å². The fourth-order valence-corrected chi connectivity index (χ4v) is 3.71. The summed E-state index contributed by atoms with van der Waals surface area (Å²) < 4.78 is 16.5. The highest BCUT2D eigenvalue weighted by Crippen LogP contribution is 2.45. The van der Waals surface area contributed by atoms with Crippen molar-refractivity contribution in [2.24, 2.45) is 0 Å². The first kappa shape index (κ1) is 19.4. The van der Waals surface area contributed by atoms with E-state index in [2.05, 4.69) is 11.8 Å². The monoisotopic (exact) mass is 351 g/mol. The van der Waals surface area contributed by atoms with Gasteiger partial charge in [-0.2, -0.15) is 0 Å². The van der Waals surface area contributed by atoms with Crippen LogP contribution in [0.2, 0.25) is 0 Å². The maximum Gasteiger partial charge on any atom is 0.320 e. The summed E-state index contributed by atoms with van der Waals surface area (Å²) in [4.78, 5) is 13.8. The summed E-state index contributed by atoms with van der Waals surface area (Å²) in [6.07, 6.45) is 4.54. The van der Waals surface area contributed by atoms with Gasteiger partial charge in [0.2, 0.25) is 5.75 Å². The summed E-state index contributed by atoms with van der Waals surface area (Å²) >= 11 is 0. The smallest absolute Gasteiger partial charge is 0.320 e. The molecule has 1 N–H and O–H groups in total. The van der Waals surface area contributed by atoms with Crippen molar-refractivity contribution in [1.29, 1.82) is 0 Å². The minimum absolute atomic E-state index is 0.0155. The average molecular weight is 351 g/mol. The van der Waals surface area contributed by atoms with Crippen molar-refractivity contribution < 1.29 is 24.1 Å². The molecule has 140 valence electrons. The van der Waals surface area contributed by atoms with E-state index in [9.17, 15) is 9.90 Å². The second-order valence-electron chi connectivity index (χ2n) is 6.32. The molecule has 2 atom stereocenters. The minimum Gasteiger partial charge on any atom is -0.493 e. The first-order chi connectivity index (χ1) is 12.1. The van der Waals surface area contributed by atoms with Crippen molar-refractivity contribution in [3.63, 3.8) is 0 Å². The molecule has 1 aliphatic heterocycles. The fraction of sp³-hybridized carbons (Fsp3) is 0.632. The Balaban J connectivity index is 2.49. The first-order valence-electron chi connectivity index (χ1n) is 8.86. The van der Waals surface area contributed by atoms with E-state index in [4.69, 9.17) is 14.2 Å². The largest absolute Gasteiger partial charge is 0.493 e. The van der Waals surface area contributed by atoms with Crippen LogP contribution in [0.25, 0.3) is 0 Å². The predicted molar refractivity (Wildman–Crippen MR) is 95.7 cm³/mol. The SMILES string of the molecule is CCCCC(c1ccc(OC)c(OC)c1OC)N1CCCC1C(=O)O. The molecule has 1 aromatic rings. The Morgan fingerprint density at radius 1 is 1.24 bits per heavy atom. The van der Waals surface area contributed by atoms with Gasteiger partial charge in [-0.1, -0.05) is 19.8 Å². The van der Waals surface area contributed by atoms with Crippen molar-refractivity contribution in [2.45, 2.75) is 51.1 Å². The lowest BCUT2D eigenvalue weighted by Crippen LogP contribution is -2.39. The van der Waals surface area contributed by atoms with Gasteiger partial charge in [0.05, 0.1) is 21.3 Å². The van der Waals surface area contributed by atoms with Gasteiger partial charge in [0, 0.05) is 11.6 Å². The quantitative estimate of drug-likeness (QED) is 0.734. The van der Waals surface area contributed by atoms with E-state index in [0.29, 0.717) is 23.7 Å². The summed E-state index contributed by atoms with van der Waals surface area (Å²) in [7, 11) is 4.78. The van der Waals surface area contributed by atoms with Crippen LogP contribution in [0.5, 0.6) is 17.2 Å². The van der Waals surface area contributed by atoms with E-state index in [1.807, 2.05) is 12.1 Å². The van der Waals surface area contributed by atoms with Gasteiger partial charge in [0.1, 0.15) is 6.04 Å². The number of carboxylic acids is 1. The molecule has 0 radical (unpaired) electrons. The van der Waals surface area contributed by atoms with Gasteiger partial charge in [-0.05, 0) is 37.9 Å². The third kappa shape index (κ3) is 4.00. The molecule has 6 heteroatoms. The zero-order valence-electron chi connectivity index (χ0n) is 15.6. The number of hydrogen-bond donors (Lipinski definition) is 1. The number of ether oxygens (including phenoxy) is 3. The second kappa shape index (κ2) is 8.94. The number of nitrogens with zero attached hydrogens (tertiary/aromatic N) is 1. The number of carbonyl (C=O) groups is 1. The van der Waals surface area contributed by atoms with Crippen LogP contribution in [0, 0.1) is 0 Å². The molecule has 0 aromatic heterocycles. The van der Waals surface area contributed by atoms with E-state index in [0.717, 1.165) is 37.8 Å². The lowest BCUT2D eigenvalue weighted by molar-refractivity contribution is -0.143. The topological polar surface area (TPSA) is 68.2 Å². The summed E-state index contributed by atoms with van der Waals surface area (Å²) in [5.41, 5.74) is 0.960. The van der Waals surface area contributed by atoms with E-state index in [-0.39, 0.29) is 6.04 Å². The Kier molecular flexibility index (Phi) is 6.93. The van der Waals surface area contributed by atoms with Crippen LogP contribution in [-0.4, -0.2) is 49.9 Å². The molecular formula is C19H29NO5. The molecule has 2 unspecified atom stereocenters. The highest BCUT2D eigenvalue weighted by Gasteiger charge is 2.37. The highest BCUT2D eigenvalue weighted by atomic mass is 16.5. The van der Waals surface area contributed by atoms with Crippen LogP contribution in [0.3, 0.4) is 0 Å². The number of unbranched alkanes of at least 4 members (excludes halogenated alkanes) is 1. The molecule has 1 heterocycles. The Morgan fingerprint density at radius 3 is 2.52 bits per heavy atom. The van der Waals surface area contributed by atoms with Crippen LogP contribution in [0.4, 0.5) is 0 Å². The van der Waals surface area contributed by atoms with E-state index in [1.165, 1.54) is 0 Å². The third-order valence-corrected chi connectivity index (χ3v) is 4.90. The molecule has 25 heavy (non-hydrogen) atoms. The van der Waals surface area contributed by atoms with Crippen molar-refractivity contribution in [1.82, 2.24) is 4.90 Å². The van der Waals surface area contributed by atoms with Crippen LogP contribution in [0.1, 0.15) is 50.6 Å². The molecule has 0 spiro atoms. The summed E-state index contributed by atoms with van der Waals surface area (Å²) in [5.74, 6) is 1.03. The second-order valence-corrected chi connectivity index (χ2v) is 6.32. The lowest BCUT2D eigenvalue weighted by Gasteiger charge is -2.33. The van der Waals surface area contributed by atoms with Crippen molar-refractivity contribution in [3.8, 4) is 17.2 Å². The standard InChI is InChI=1S/C19H29NO5/c1-5-6-8-14(20-12-7-9-15(20)19(21)22)13-10-11-16(23-2)18(25-4)17(13)24-3/h10-11,14-15H,5-9,12H2,1-4H3,(H,21,22). The predicted octanol–water partition coefficient (Wildman–Crippen LogP) is 3.49. The van der Waals surface area contributed by atoms with Crippen molar-refractivity contribution in [3.05, 3.63) is 17.7 Å². The van der Waals surface area contributed by atoms with E-state index in [1.54, 1.807) is 21.3 Å². The highest BCUT2D eigenvalue weighted by molar-refractivity contribution is 5.74. The number of aliphatic carboxylic acids is 1. The molecule has 2 rings (SSSR count). The van der Waals surface area contributed by atoms with Gasteiger partial charge >= 0.3 is 5.97 Å². The molecule has 6 nitrogen and oxygen atoms in total. The van der Waals surface area contributed by atoms with Crippen molar-refractivity contribution >= 4 is 5.97 Å². The molecule has 0 amide bonds. The molecule has 0 bridgehead atoms. The Labute approximate surface area is 149 Å². The van der Waals surface area contributed by atoms with E-state index >= 15 is 0 Å². The van der Waals surface area contributed by atoms with Crippen LogP contribution < -0.4 is 14.2 Å². The Hall–Kier alpha value is -1.95. The van der Waals surface area contributed by atoms with Crippen LogP contribution in [-0.2, 0) is 4.79 Å². The van der Waals surface area contributed by atoms with Crippen molar-refractivity contribution in [2.75, 3.05) is 27.9 Å². The van der Waals surface area contributed by atoms with Gasteiger partial charge in [-0.3, -0.25) is 9.69 Å². The number of rotatable bonds is 9. The van der Waals surface area contributed by atoms with Gasteiger partial charge in [0.15, 0.2) is 11.5 Å². The number of likely N-dealkylation sites (tertiary alicyclic amines) is 1. The first-order valence-corrected chi connectivity index (χ1v) is 8.86. The molecule has 1 fully saturated rings. The molecule has 0 saturated carbocycles. The zero-order valence-corrected chi connectivity index (χ0v) is 15.6. The summed E-state index contributed by atoms with van der Waals surface area (Å²) in [6, 6.07) is 3.37. The maximum atomic E-state index is 11.7. The van der Waals surface area contributed by atoms with Gasteiger partial charge < -0.3 is 19.3 Å². The molecule has 0 aliphatic carbocycles. The zero-order chi connectivity index (χ0) is 18.4. The molecule has 1 aliphatic rings. The summed E-state index contributed by atoms with van der Waals surface area (Å²) in [5, 5.41) is 9.60. The number of carboxylic acid groups (broad SMARTS) is 1. The van der Waals surface area contributed by atoms with Gasteiger partial charge in [0.25, 0.3) is 0 Å². The minimum atomic E-state index is -0.751. The third-order valence-electron chi connectivity index (χ3n) is 4.90. The van der Waals surface area contributed by atoms with Gasteiger partial charge in [-0.25, -0.2) is 0 Å². The normalized spacial score (nSPS) is 18.8. The molecular weight excluding hydrogens is 322 g/mol. The maximum absolute atomic E-state index is 11.7. The van der Waals surface area contributed by atoms with Crippen LogP contribution in [0.15, 0.2) is 12.1 Å².